The minimum Gasteiger partial charge on any atom is -0.377 e. The second kappa shape index (κ2) is 11.6. The summed E-state index contributed by atoms with van der Waals surface area (Å²) in [5.41, 5.74) is 0.428. The first kappa shape index (κ1) is 32.3. The Hall–Kier alpha value is -3.90. The summed E-state index contributed by atoms with van der Waals surface area (Å²) in [6.45, 7) is 7.30. The van der Waals surface area contributed by atoms with E-state index in [9.17, 15) is 19.5 Å². The van der Waals surface area contributed by atoms with E-state index in [4.69, 9.17) is 6.42 Å². The number of benzene rings is 1. The molecule has 2 saturated heterocycles. The molecule has 258 valence electrons. The molecule has 8 atom stereocenters. The quantitative estimate of drug-likeness (QED) is 0.492. The normalized spacial score (nSPS) is 37.3. The van der Waals surface area contributed by atoms with Crippen LogP contribution in [0.3, 0.4) is 0 Å². The van der Waals surface area contributed by atoms with E-state index < -0.39 is 11.6 Å². The molecular formula is C40H49N5O4. The predicted octanol–water partition coefficient (Wildman–Crippen LogP) is 4.32. The third-order valence-electron chi connectivity index (χ3n) is 14.1. The van der Waals surface area contributed by atoms with E-state index in [1.54, 1.807) is 11.0 Å². The van der Waals surface area contributed by atoms with Gasteiger partial charge in [0.05, 0.1) is 11.2 Å². The Morgan fingerprint density at radius 3 is 2.47 bits per heavy atom. The van der Waals surface area contributed by atoms with Gasteiger partial charge in [-0.2, -0.15) is 0 Å². The number of hydrogen-bond acceptors (Lipinski definition) is 6. The Kier molecular flexibility index (Phi) is 7.64. The fourth-order valence-corrected chi connectivity index (χ4v) is 11.3. The minimum absolute atomic E-state index is 0.0109. The SMILES string of the molecule is C#C[C@]1(O)CC[C@H]2[C@@H]3CC[C@H]4N(C)C(=O)C(N5CCN(C(=O)[C@@H]6CCCN6C(=O)c6ccc7ccccc7n6)CC5)=C[C@]4(C)[C@H]3CC[C@@]21C. The number of aliphatic hydroxyl groups is 1. The van der Waals surface area contributed by atoms with Crippen molar-refractivity contribution in [2.45, 2.75) is 82.9 Å². The van der Waals surface area contributed by atoms with Crippen LogP contribution in [0, 0.1) is 40.9 Å². The summed E-state index contributed by atoms with van der Waals surface area (Å²) < 4.78 is 0. The summed E-state index contributed by atoms with van der Waals surface area (Å²) in [4.78, 5) is 53.8. The van der Waals surface area contributed by atoms with Gasteiger partial charge in [0.15, 0.2) is 0 Å². The number of carbonyl (C=O) groups excluding carboxylic acids is 3. The van der Waals surface area contributed by atoms with Crippen LogP contribution in [0.2, 0.25) is 0 Å². The molecule has 3 saturated carbocycles. The molecule has 9 heteroatoms. The number of nitrogens with zero attached hydrogens (tertiary/aromatic N) is 5. The van der Waals surface area contributed by atoms with Crippen LogP contribution in [-0.2, 0) is 9.59 Å². The van der Waals surface area contributed by atoms with Gasteiger partial charge in [-0.1, -0.05) is 44.0 Å². The summed E-state index contributed by atoms with van der Waals surface area (Å²) in [5.74, 6) is 3.93. The van der Waals surface area contributed by atoms with Crippen molar-refractivity contribution in [1.82, 2.24) is 24.6 Å². The summed E-state index contributed by atoms with van der Waals surface area (Å²) >= 11 is 0. The van der Waals surface area contributed by atoms with Crippen LogP contribution >= 0.6 is 0 Å². The number of terminal acetylenes is 1. The van der Waals surface area contributed by atoms with Crippen molar-refractivity contribution in [2.24, 2.45) is 28.6 Å². The van der Waals surface area contributed by atoms with Gasteiger partial charge >= 0.3 is 0 Å². The molecule has 0 unspecified atom stereocenters. The van der Waals surface area contributed by atoms with E-state index >= 15 is 0 Å². The van der Waals surface area contributed by atoms with E-state index in [-0.39, 0.29) is 34.6 Å². The third kappa shape index (κ3) is 4.76. The number of hydrogen-bond donors (Lipinski definition) is 1. The lowest BCUT2D eigenvalue weighted by atomic mass is 9.47. The largest absolute Gasteiger partial charge is 0.377 e. The fraction of sp³-hybridized carbons (Fsp3) is 0.600. The maximum Gasteiger partial charge on any atom is 0.273 e. The molecular weight excluding hydrogens is 614 g/mol. The average molecular weight is 664 g/mol. The smallest absolute Gasteiger partial charge is 0.273 e. The Balaban J connectivity index is 0.972. The maximum absolute atomic E-state index is 13.9. The number of piperazine rings is 1. The standard InChI is InChI=1S/C40H49N5O4/c1-5-40(49)19-17-29-27-13-15-34-38(2,28(27)16-18-39(29,40)3)25-33(36(47)42(34)4)43-21-23-44(24-22-43)37(48)32-11-8-20-45(32)35(46)31-14-12-26-9-6-7-10-30(26)41-31/h1,6-7,9-10,12,14,25,27-29,32,34,49H,8,11,13,15-24H2,2-4H3/t27-,28+,29+,32+,34-,38-,39+,40+/m1/s1. The molecule has 3 aliphatic carbocycles. The van der Waals surface area contributed by atoms with Gasteiger partial charge in [-0.15, -0.1) is 6.42 Å². The number of pyridine rings is 1. The van der Waals surface area contributed by atoms with Crippen molar-refractivity contribution < 1.29 is 19.5 Å². The first-order valence-corrected chi connectivity index (χ1v) is 18.4. The van der Waals surface area contributed by atoms with Crippen molar-refractivity contribution in [3.05, 3.63) is 53.9 Å². The molecule has 2 aromatic rings. The average Bonchev–Trinajstić information content (AvgIpc) is 3.72. The molecule has 5 fully saturated rings. The molecule has 0 spiro atoms. The van der Waals surface area contributed by atoms with Gasteiger partial charge in [0.1, 0.15) is 17.3 Å². The highest BCUT2D eigenvalue weighted by Gasteiger charge is 2.65. The van der Waals surface area contributed by atoms with E-state index in [0.29, 0.717) is 69.0 Å². The molecule has 6 aliphatic rings. The lowest BCUT2D eigenvalue weighted by Crippen LogP contribution is -2.63. The lowest BCUT2D eigenvalue weighted by molar-refractivity contribution is -0.147. The lowest BCUT2D eigenvalue weighted by Gasteiger charge is -2.61. The Morgan fingerprint density at radius 1 is 0.939 bits per heavy atom. The summed E-state index contributed by atoms with van der Waals surface area (Å²) in [6, 6.07) is 11.1. The minimum atomic E-state index is -1.03. The van der Waals surface area contributed by atoms with Crippen molar-refractivity contribution in [1.29, 1.82) is 0 Å². The number of fused-ring (bicyclic) bond motifs is 6. The Morgan fingerprint density at radius 2 is 1.69 bits per heavy atom. The van der Waals surface area contributed by atoms with Gasteiger partial charge in [-0.05, 0) is 87.3 Å². The zero-order valence-electron chi connectivity index (χ0n) is 29.1. The second-order valence-corrected chi connectivity index (χ2v) is 16.1. The van der Waals surface area contributed by atoms with Crippen molar-refractivity contribution in [2.75, 3.05) is 39.8 Å². The van der Waals surface area contributed by atoms with Gasteiger partial charge in [0.2, 0.25) is 5.91 Å². The molecule has 9 nitrogen and oxygen atoms in total. The molecule has 3 amide bonds. The zero-order valence-corrected chi connectivity index (χ0v) is 29.1. The molecule has 3 aliphatic heterocycles. The number of aromatic nitrogens is 1. The molecule has 1 N–H and O–H groups in total. The summed E-state index contributed by atoms with van der Waals surface area (Å²) in [7, 11) is 1.97. The molecule has 0 radical (unpaired) electrons. The van der Waals surface area contributed by atoms with Gasteiger partial charge in [0.25, 0.3) is 11.8 Å². The highest BCUT2D eigenvalue weighted by Crippen LogP contribution is 2.66. The van der Waals surface area contributed by atoms with Crippen LogP contribution in [0.1, 0.15) is 75.7 Å². The predicted molar refractivity (Wildman–Crippen MR) is 187 cm³/mol. The number of likely N-dealkylation sites (N-methyl/N-ethyl adjacent to an activating group) is 1. The van der Waals surface area contributed by atoms with Crippen LogP contribution in [0.5, 0.6) is 0 Å². The topological polar surface area (TPSA) is 97.3 Å². The second-order valence-electron chi connectivity index (χ2n) is 16.1. The summed E-state index contributed by atoms with van der Waals surface area (Å²) in [6.07, 6.45) is 15.2. The number of amides is 3. The van der Waals surface area contributed by atoms with Gasteiger partial charge in [0, 0.05) is 62.0 Å². The van der Waals surface area contributed by atoms with Crippen LogP contribution in [0.25, 0.3) is 10.9 Å². The fourth-order valence-electron chi connectivity index (χ4n) is 11.3. The Bertz CT molecular complexity index is 1780. The number of para-hydroxylation sites is 1. The number of carbonyl (C=O) groups is 3. The number of likely N-dealkylation sites (tertiary alicyclic amines) is 1. The zero-order chi connectivity index (χ0) is 34.3. The van der Waals surface area contributed by atoms with Crippen LogP contribution in [0.4, 0.5) is 0 Å². The van der Waals surface area contributed by atoms with E-state index in [0.717, 1.165) is 55.1 Å². The Labute approximate surface area is 289 Å². The molecule has 1 aromatic carbocycles. The molecule has 1 aromatic heterocycles. The van der Waals surface area contributed by atoms with Crippen LogP contribution in [-0.4, -0.2) is 105 Å². The highest BCUT2D eigenvalue weighted by molar-refractivity contribution is 5.98. The first-order chi connectivity index (χ1) is 23.5. The molecule has 0 bridgehead atoms. The molecule has 4 heterocycles. The first-order valence-electron chi connectivity index (χ1n) is 18.4. The van der Waals surface area contributed by atoms with Crippen LogP contribution < -0.4 is 0 Å². The van der Waals surface area contributed by atoms with E-state index in [2.05, 4.69) is 35.7 Å². The van der Waals surface area contributed by atoms with E-state index in [1.165, 1.54) is 0 Å². The van der Waals surface area contributed by atoms with E-state index in [1.807, 2.05) is 47.2 Å². The number of rotatable bonds is 3. The molecule has 8 rings (SSSR count). The van der Waals surface area contributed by atoms with Crippen molar-refractivity contribution in [3.63, 3.8) is 0 Å². The van der Waals surface area contributed by atoms with Crippen molar-refractivity contribution >= 4 is 28.6 Å². The van der Waals surface area contributed by atoms with Gasteiger partial charge in [-0.25, -0.2) is 4.98 Å². The van der Waals surface area contributed by atoms with Crippen molar-refractivity contribution in [3.8, 4) is 12.3 Å². The van der Waals surface area contributed by atoms with Crippen LogP contribution in [0.15, 0.2) is 48.2 Å². The molecule has 49 heavy (non-hydrogen) atoms. The highest BCUT2D eigenvalue weighted by atomic mass is 16.3. The van der Waals surface area contributed by atoms with Gasteiger partial charge in [-0.3, -0.25) is 14.4 Å². The monoisotopic (exact) mass is 663 g/mol. The van der Waals surface area contributed by atoms with Gasteiger partial charge < -0.3 is 24.7 Å². The third-order valence-corrected chi connectivity index (χ3v) is 14.1. The summed E-state index contributed by atoms with van der Waals surface area (Å²) in [5, 5.41) is 12.4. The maximum atomic E-state index is 13.9.